The van der Waals surface area contributed by atoms with Crippen molar-refractivity contribution in [3.8, 4) is 0 Å². The Bertz CT molecular complexity index is 779. The van der Waals surface area contributed by atoms with Gasteiger partial charge in [0.25, 0.3) is 5.91 Å². The van der Waals surface area contributed by atoms with Gasteiger partial charge in [0.2, 0.25) is 0 Å². The quantitative estimate of drug-likeness (QED) is 0.625. The van der Waals surface area contributed by atoms with Crippen LogP contribution in [-0.2, 0) is 0 Å². The SMILES string of the molecule is Cc1ccc(C(=O)n2nnc3ccccc32)cc1I. The second kappa shape index (κ2) is 4.73. The first-order valence-corrected chi connectivity index (χ1v) is 6.86. The molecule has 0 aliphatic carbocycles. The molecule has 0 saturated carbocycles. The molecule has 0 aliphatic rings. The zero-order valence-electron chi connectivity index (χ0n) is 10.2. The number of hydrogen-bond acceptors (Lipinski definition) is 3. The van der Waals surface area contributed by atoms with Crippen LogP contribution < -0.4 is 0 Å². The Balaban J connectivity index is 2.11. The standard InChI is InChI=1S/C14H10IN3O/c1-9-6-7-10(8-11(9)15)14(19)18-13-5-3-2-4-12(13)16-17-18/h2-8H,1H3. The largest absolute Gasteiger partial charge is 0.280 e. The zero-order chi connectivity index (χ0) is 13.4. The van der Waals surface area contributed by atoms with Crippen molar-refractivity contribution in [3.05, 3.63) is 57.2 Å². The summed E-state index contributed by atoms with van der Waals surface area (Å²) < 4.78 is 2.41. The van der Waals surface area contributed by atoms with E-state index in [2.05, 4.69) is 32.9 Å². The van der Waals surface area contributed by atoms with Gasteiger partial charge in [-0.1, -0.05) is 23.4 Å². The number of carbonyl (C=O) groups is 1. The van der Waals surface area contributed by atoms with E-state index in [0.717, 1.165) is 20.2 Å². The van der Waals surface area contributed by atoms with E-state index in [0.29, 0.717) is 5.56 Å². The number of aromatic nitrogens is 3. The number of benzene rings is 2. The number of carbonyl (C=O) groups excluding carboxylic acids is 1. The van der Waals surface area contributed by atoms with Crippen molar-refractivity contribution >= 4 is 39.5 Å². The monoisotopic (exact) mass is 363 g/mol. The molecule has 0 fully saturated rings. The molecule has 5 heteroatoms. The molecule has 0 spiro atoms. The van der Waals surface area contributed by atoms with Gasteiger partial charge in [-0.2, -0.15) is 4.68 Å². The van der Waals surface area contributed by atoms with Crippen molar-refractivity contribution in [2.24, 2.45) is 0 Å². The lowest BCUT2D eigenvalue weighted by Gasteiger charge is -2.03. The molecule has 3 aromatic rings. The topological polar surface area (TPSA) is 47.8 Å². The van der Waals surface area contributed by atoms with Gasteiger partial charge in [-0.05, 0) is 59.3 Å². The maximum absolute atomic E-state index is 12.4. The molecule has 0 radical (unpaired) electrons. The Hall–Kier alpha value is -1.76. The van der Waals surface area contributed by atoms with E-state index in [1.807, 2.05) is 49.4 Å². The fraction of sp³-hybridized carbons (Fsp3) is 0.0714. The first-order valence-electron chi connectivity index (χ1n) is 5.78. The average molecular weight is 363 g/mol. The zero-order valence-corrected chi connectivity index (χ0v) is 12.3. The number of rotatable bonds is 1. The van der Waals surface area contributed by atoms with Crippen molar-refractivity contribution < 1.29 is 4.79 Å². The maximum atomic E-state index is 12.4. The Kier molecular flexibility index (Phi) is 3.06. The highest BCUT2D eigenvalue weighted by molar-refractivity contribution is 14.1. The van der Waals surface area contributed by atoms with Crippen molar-refractivity contribution in [2.45, 2.75) is 6.92 Å². The number of halogens is 1. The Morgan fingerprint density at radius 3 is 2.79 bits per heavy atom. The summed E-state index contributed by atoms with van der Waals surface area (Å²) >= 11 is 2.22. The van der Waals surface area contributed by atoms with Crippen LogP contribution in [0.5, 0.6) is 0 Å². The van der Waals surface area contributed by atoms with E-state index in [9.17, 15) is 4.79 Å². The highest BCUT2D eigenvalue weighted by atomic mass is 127. The van der Waals surface area contributed by atoms with Gasteiger partial charge < -0.3 is 0 Å². The minimum atomic E-state index is -0.161. The molecule has 0 N–H and O–H groups in total. The van der Waals surface area contributed by atoms with Crippen LogP contribution in [-0.4, -0.2) is 20.9 Å². The number of nitrogens with zero attached hydrogens (tertiary/aromatic N) is 3. The lowest BCUT2D eigenvalue weighted by Crippen LogP contribution is -2.14. The molecular formula is C14H10IN3O. The lowest BCUT2D eigenvalue weighted by atomic mass is 10.1. The van der Waals surface area contributed by atoms with Gasteiger partial charge in [0.05, 0.1) is 5.52 Å². The molecule has 3 rings (SSSR count). The summed E-state index contributed by atoms with van der Waals surface area (Å²) in [6.45, 7) is 2.01. The minimum Gasteiger partial charge on any atom is -0.267 e. The molecule has 0 aliphatic heterocycles. The maximum Gasteiger partial charge on any atom is 0.280 e. The molecule has 94 valence electrons. The fourth-order valence-electron chi connectivity index (χ4n) is 1.87. The second-order valence-electron chi connectivity index (χ2n) is 4.26. The first kappa shape index (κ1) is 12.3. The summed E-state index contributed by atoms with van der Waals surface area (Å²) in [7, 11) is 0. The van der Waals surface area contributed by atoms with Crippen LogP contribution in [0, 0.1) is 10.5 Å². The molecule has 0 amide bonds. The molecule has 0 atom stereocenters. The smallest absolute Gasteiger partial charge is 0.267 e. The van der Waals surface area contributed by atoms with Crippen LogP contribution in [0.2, 0.25) is 0 Å². The average Bonchev–Trinajstić information content (AvgIpc) is 2.85. The van der Waals surface area contributed by atoms with E-state index in [1.165, 1.54) is 4.68 Å². The van der Waals surface area contributed by atoms with E-state index in [-0.39, 0.29) is 5.91 Å². The van der Waals surface area contributed by atoms with Crippen LogP contribution >= 0.6 is 22.6 Å². The Morgan fingerprint density at radius 1 is 1.21 bits per heavy atom. The van der Waals surface area contributed by atoms with E-state index < -0.39 is 0 Å². The summed E-state index contributed by atoms with van der Waals surface area (Å²) in [4.78, 5) is 12.4. The van der Waals surface area contributed by atoms with Gasteiger partial charge in [-0.25, -0.2) is 0 Å². The summed E-state index contributed by atoms with van der Waals surface area (Å²) in [5, 5.41) is 7.93. The molecule has 19 heavy (non-hydrogen) atoms. The molecular weight excluding hydrogens is 353 g/mol. The molecule has 2 aromatic carbocycles. The summed E-state index contributed by atoms with van der Waals surface area (Å²) in [6, 6.07) is 13.0. The van der Waals surface area contributed by atoms with Crippen LogP contribution in [0.1, 0.15) is 15.9 Å². The molecule has 1 heterocycles. The van der Waals surface area contributed by atoms with E-state index in [4.69, 9.17) is 0 Å². The normalized spacial score (nSPS) is 10.8. The number of hydrogen-bond donors (Lipinski definition) is 0. The lowest BCUT2D eigenvalue weighted by molar-refractivity contribution is 0.0948. The van der Waals surface area contributed by atoms with E-state index in [1.54, 1.807) is 0 Å². The third-order valence-corrected chi connectivity index (χ3v) is 4.13. The predicted molar refractivity (Wildman–Crippen MR) is 81.2 cm³/mol. The van der Waals surface area contributed by atoms with Crippen LogP contribution in [0.15, 0.2) is 42.5 Å². The number of fused-ring (bicyclic) bond motifs is 1. The number of para-hydroxylation sites is 1. The fourth-order valence-corrected chi connectivity index (χ4v) is 2.38. The van der Waals surface area contributed by atoms with Gasteiger partial charge in [0, 0.05) is 9.13 Å². The molecule has 0 bridgehead atoms. The highest BCUT2D eigenvalue weighted by Crippen LogP contribution is 2.16. The van der Waals surface area contributed by atoms with Crippen molar-refractivity contribution in [1.82, 2.24) is 15.0 Å². The first-order chi connectivity index (χ1) is 9.16. The van der Waals surface area contributed by atoms with E-state index >= 15 is 0 Å². The predicted octanol–water partition coefficient (Wildman–Crippen LogP) is 3.03. The van der Waals surface area contributed by atoms with Crippen LogP contribution in [0.25, 0.3) is 11.0 Å². The van der Waals surface area contributed by atoms with Crippen molar-refractivity contribution in [1.29, 1.82) is 0 Å². The van der Waals surface area contributed by atoms with Gasteiger partial charge >= 0.3 is 0 Å². The Morgan fingerprint density at radius 2 is 2.00 bits per heavy atom. The molecule has 4 nitrogen and oxygen atoms in total. The third kappa shape index (κ3) is 2.14. The van der Waals surface area contributed by atoms with Crippen molar-refractivity contribution in [3.63, 3.8) is 0 Å². The van der Waals surface area contributed by atoms with Gasteiger partial charge in [-0.3, -0.25) is 4.79 Å². The van der Waals surface area contributed by atoms with Crippen LogP contribution in [0.3, 0.4) is 0 Å². The van der Waals surface area contributed by atoms with Gasteiger partial charge in [0.1, 0.15) is 5.52 Å². The summed E-state index contributed by atoms with van der Waals surface area (Å²) in [6.07, 6.45) is 0. The van der Waals surface area contributed by atoms with Crippen molar-refractivity contribution in [2.75, 3.05) is 0 Å². The molecule has 0 saturated heterocycles. The Labute approximate surface area is 123 Å². The molecule has 1 aromatic heterocycles. The minimum absolute atomic E-state index is 0.161. The number of aryl methyl sites for hydroxylation is 1. The summed E-state index contributed by atoms with van der Waals surface area (Å²) in [5.41, 5.74) is 3.21. The summed E-state index contributed by atoms with van der Waals surface area (Å²) in [5.74, 6) is -0.161. The van der Waals surface area contributed by atoms with Gasteiger partial charge in [0.15, 0.2) is 0 Å². The van der Waals surface area contributed by atoms with Crippen LogP contribution in [0.4, 0.5) is 0 Å². The second-order valence-corrected chi connectivity index (χ2v) is 5.42. The molecule has 0 unspecified atom stereocenters. The van der Waals surface area contributed by atoms with Gasteiger partial charge in [-0.15, -0.1) is 5.10 Å². The third-order valence-electron chi connectivity index (χ3n) is 2.96. The highest BCUT2D eigenvalue weighted by Gasteiger charge is 2.14.